The van der Waals surface area contributed by atoms with Crippen LogP contribution in [-0.2, 0) is 6.61 Å². The maximum atomic E-state index is 8.87. The van der Waals surface area contributed by atoms with Gasteiger partial charge in [-0.15, -0.1) is 0 Å². The maximum absolute atomic E-state index is 8.87. The number of rotatable bonds is 3. The van der Waals surface area contributed by atoms with Crippen LogP contribution < -0.4 is 4.74 Å². The lowest BCUT2D eigenvalue weighted by atomic mass is 10.2. The topological polar surface area (TPSA) is 55.2 Å². The van der Waals surface area contributed by atoms with E-state index in [-0.39, 0.29) is 11.8 Å². The van der Waals surface area contributed by atoms with Gasteiger partial charge in [-0.25, -0.2) is 0 Å². The fraction of sp³-hybridized carbons (Fsp3) is 0.0909. The molecule has 0 bridgehead atoms. The highest BCUT2D eigenvalue weighted by atomic mass is 35.5. The van der Waals surface area contributed by atoms with E-state index in [0.717, 1.165) is 5.56 Å². The third-order valence-electron chi connectivity index (χ3n) is 1.91. The molecule has 1 N–H and O–H groups in total. The lowest BCUT2D eigenvalue weighted by molar-refractivity contribution is 0.281. The van der Waals surface area contributed by atoms with Crippen LogP contribution in [0.4, 0.5) is 0 Å². The average Bonchev–Trinajstić information content (AvgIpc) is 2.30. The first-order valence-electron chi connectivity index (χ1n) is 4.63. The van der Waals surface area contributed by atoms with Crippen molar-refractivity contribution < 1.29 is 9.84 Å². The second kappa shape index (κ2) is 4.92. The van der Waals surface area contributed by atoms with Gasteiger partial charge in [0.25, 0.3) is 0 Å². The number of aliphatic hydroxyl groups excluding tert-OH is 1. The van der Waals surface area contributed by atoms with Crippen molar-refractivity contribution >= 4 is 11.6 Å². The minimum Gasteiger partial charge on any atom is -0.437 e. The van der Waals surface area contributed by atoms with Gasteiger partial charge in [0.15, 0.2) is 5.15 Å². The zero-order chi connectivity index (χ0) is 11.4. The Morgan fingerprint density at radius 3 is 2.56 bits per heavy atom. The van der Waals surface area contributed by atoms with Gasteiger partial charge in [0, 0.05) is 0 Å². The van der Waals surface area contributed by atoms with Crippen LogP contribution in [-0.4, -0.2) is 15.1 Å². The largest absolute Gasteiger partial charge is 0.437 e. The zero-order valence-electron chi connectivity index (χ0n) is 8.30. The number of hydrogen-bond donors (Lipinski definition) is 1. The van der Waals surface area contributed by atoms with Crippen molar-refractivity contribution in [3.8, 4) is 11.6 Å². The highest BCUT2D eigenvalue weighted by molar-refractivity contribution is 6.29. The molecule has 16 heavy (non-hydrogen) atoms. The Labute approximate surface area is 97.5 Å². The quantitative estimate of drug-likeness (QED) is 0.889. The van der Waals surface area contributed by atoms with E-state index in [4.69, 9.17) is 21.4 Å². The number of ether oxygens (including phenoxy) is 1. The van der Waals surface area contributed by atoms with Crippen molar-refractivity contribution in [2.75, 3.05) is 0 Å². The Morgan fingerprint density at radius 1 is 1.19 bits per heavy atom. The molecule has 0 atom stereocenters. The molecule has 5 heteroatoms. The van der Waals surface area contributed by atoms with Crippen LogP contribution in [0.25, 0.3) is 0 Å². The summed E-state index contributed by atoms with van der Waals surface area (Å²) in [6.07, 6.45) is 2.91. The summed E-state index contributed by atoms with van der Waals surface area (Å²) in [5, 5.41) is 9.16. The van der Waals surface area contributed by atoms with E-state index in [1.54, 1.807) is 24.3 Å². The summed E-state index contributed by atoms with van der Waals surface area (Å²) in [7, 11) is 0. The fourth-order valence-corrected chi connectivity index (χ4v) is 1.30. The smallest absolute Gasteiger partial charge is 0.239 e. The van der Waals surface area contributed by atoms with Gasteiger partial charge in [0.05, 0.1) is 19.0 Å². The summed E-state index contributed by atoms with van der Waals surface area (Å²) in [5.41, 5.74) is 0.824. The van der Waals surface area contributed by atoms with Gasteiger partial charge in [-0.05, 0) is 17.7 Å². The Hall–Kier alpha value is -1.65. The Morgan fingerprint density at radius 2 is 1.94 bits per heavy atom. The van der Waals surface area contributed by atoms with Crippen LogP contribution >= 0.6 is 11.6 Å². The molecule has 4 nitrogen and oxygen atoms in total. The molecule has 0 fully saturated rings. The molecule has 1 heterocycles. The number of hydrogen-bond acceptors (Lipinski definition) is 4. The Bertz CT molecular complexity index is 474. The molecule has 0 unspecified atom stereocenters. The third-order valence-corrected chi connectivity index (χ3v) is 2.09. The van der Waals surface area contributed by atoms with Gasteiger partial charge in [0.2, 0.25) is 5.88 Å². The van der Waals surface area contributed by atoms with Crippen molar-refractivity contribution in [3.63, 3.8) is 0 Å². The molecule has 0 amide bonds. The van der Waals surface area contributed by atoms with E-state index < -0.39 is 0 Å². The Balaban J connectivity index is 2.14. The van der Waals surface area contributed by atoms with Gasteiger partial charge < -0.3 is 9.84 Å². The number of halogens is 1. The summed E-state index contributed by atoms with van der Waals surface area (Å²) in [5.74, 6) is 0.956. The minimum atomic E-state index is 0.0112. The molecule has 0 saturated carbocycles. The van der Waals surface area contributed by atoms with Gasteiger partial charge in [-0.1, -0.05) is 23.7 Å². The molecule has 0 saturated heterocycles. The number of aliphatic hydroxyl groups is 1. The summed E-state index contributed by atoms with van der Waals surface area (Å²) in [4.78, 5) is 7.80. The van der Waals surface area contributed by atoms with E-state index in [1.165, 1.54) is 12.4 Å². The standard InChI is InChI=1S/C11H9ClN2O2/c12-10-5-13-6-11(14-10)16-9-3-1-8(7-15)2-4-9/h1-6,15H,7H2. The molecule has 0 aliphatic rings. The second-order valence-corrected chi connectivity index (χ2v) is 3.47. The molecule has 0 aliphatic carbocycles. The fourth-order valence-electron chi connectivity index (χ4n) is 1.16. The molecule has 2 rings (SSSR count). The van der Waals surface area contributed by atoms with Crippen LogP contribution in [0.5, 0.6) is 11.6 Å². The first kappa shape index (κ1) is 10.9. The van der Waals surface area contributed by atoms with Crippen LogP contribution in [0.2, 0.25) is 5.15 Å². The maximum Gasteiger partial charge on any atom is 0.239 e. The van der Waals surface area contributed by atoms with Crippen LogP contribution in [0.1, 0.15) is 5.56 Å². The molecule has 0 radical (unpaired) electrons. The number of nitrogens with zero attached hydrogens (tertiary/aromatic N) is 2. The van der Waals surface area contributed by atoms with Crippen LogP contribution in [0.15, 0.2) is 36.7 Å². The minimum absolute atomic E-state index is 0.0112. The monoisotopic (exact) mass is 236 g/mol. The van der Waals surface area contributed by atoms with Gasteiger partial charge in [0.1, 0.15) is 5.75 Å². The highest BCUT2D eigenvalue weighted by Crippen LogP contribution is 2.20. The van der Waals surface area contributed by atoms with Crippen molar-refractivity contribution in [2.24, 2.45) is 0 Å². The van der Waals surface area contributed by atoms with E-state index in [0.29, 0.717) is 11.6 Å². The first-order chi connectivity index (χ1) is 7.78. The van der Waals surface area contributed by atoms with Gasteiger partial charge in [-0.2, -0.15) is 4.98 Å². The molecule has 1 aromatic carbocycles. The predicted molar refractivity (Wildman–Crippen MR) is 59.5 cm³/mol. The summed E-state index contributed by atoms with van der Waals surface area (Å²) >= 11 is 5.67. The lowest BCUT2D eigenvalue weighted by Crippen LogP contribution is -1.90. The predicted octanol–water partition coefficient (Wildman–Crippen LogP) is 2.41. The Kier molecular flexibility index (Phi) is 3.34. The number of aromatic nitrogens is 2. The van der Waals surface area contributed by atoms with Gasteiger partial charge >= 0.3 is 0 Å². The lowest BCUT2D eigenvalue weighted by Gasteiger charge is -2.04. The molecular formula is C11H9ClN2O2. The highest BCUT2D eigenvalue weighted by Gasteiger charge is 2.00. The van der Waals surface area contributed by atoms with Crippen molar-refractivity contribution in [1.29, 1.82) is 0 Å². The van der Waals surface area contributed by atoms with E-state index in [2.05, 4.69) is 9.97 Å². The normalized spacial score (nSPS) is 10.1. The molecular weight excluding hydrogens is 228 g/mol. The summed E-state index contributed by atoms with van der Waals surface area (Å²) in [6.45, 7) is 0.0112. The average molecular weight is 237 g/mol. The van der Waals surface area contributed by atoms with Crippen molar-refractivity contribution in [2.45, 2.75) is 6.61 Å². The van der Waals surface area contributed by atoms with Crippen LogP contribution in [0.3, 0.4) is 0 Å². The van der Waals surface area contributed by atoms with Crippen molar-refractivity contribution in [1.82, 2.24) is 9.97 Å². The van der Waals surface area contributed by atoms with E-state index in [9.17, 15) is 0 Å². The molecule has 2 aromatic rings. The molecule has 82 valence electrons. The molecule has 1 aromatic heterocycles. The molecule has 0 spiro atoms. The molecule has 0 aliphatic heterocycles. The zero-order valence-corrected chi connectivity index (χ0v) is 9.05. The first-order valence-corrected chi connectivity index (χ1v) is 5.01. The summed E-state index contributed by atoms with van der Waals surface area (Å²) < 4.78 is 5.42. The second-order valence-electron chi connectivity index (χ2n) is 3.08. The summed E-state index contributed by atoms with van der Waals surface area (Å²) in [6, 6.07) is 7.03. The number of benzene rings is 1. The van der Waals surface area contributed by atoms with Crippen molar-refractivity contribution in [3.05, 3.63) is 47.4 Å². The SMILES string of the molecule is OCc1ccc(Oc2cncc(Cl)n2)cc1. The van der Waals surface area contributed by atoms with E-state index >= 15 is 0 Å². The van der Waals surface area contributed by atoms with Crippen LogP contribution in [0, 0.1) is 0 Å². The van der Waals surface area contributed by atoms with Gasteiger partial charge in [-0.3, -0.25) is 4.98 Å². The third kappa shape index (κ3) is 2.68. The van der Waals surface area contributed by atoms with E-state index in [1.807, 2.05) is 0 Å².